The number of halogens is 1. The van der Waals surface area contributed by atoms with Gasteiger partial charge in [0.15, 0.2) is 5.69 Å². The molecule has 11 heteroatoms. The molecular formula is C18H24ClN5O4S. The Morgan fingerprint density at radius 1 is 1.38 bits per heavy atom. The highest BCUT2D eigenvalue weighted by Gasteiger charge is 2.35. The SMILES string of the molecule is COCCNC(=O)c1cn(C[C@@H]2CCCN2S(=O)(=O)Cc2ccccc2Cl)nn1. The van der Waals surface area contributed by atoms with E-state index >= 15 is 0 Å². The first-order chi connectivity index (χ1) is 13.9. The van der Waals surface area contributed by atoms with Gasteiger partial charge in [0.2, 0.25) is 10.0 Å². The second-order valence-corrected chi connectivity index (χ2v) is 9.16. The Bertz CT molecular complexity index is 949. The maximum absolute atomic E-state index is 13.0. The topological polar surface area (TPSA) is 106 Å². The highest BCUT2D eigenvalue weighted by atomic mass is 35.5. The maximum atomic E-state index is 13.0. The molecule has 9 nitrogen and oxygen atoms in total. The number of rotatable bonds is 9. The summed E-state index contributed by atoms with van der Waals surface area (Å²) < 4.78 is 33.8. The first-order valence-electron chi connectivity index (χ1n) is 9.31. The van der Waals surface area contributed by atoms with Crippen molar-refractivity contribution in [2.24, 2.45) is 0 Å². The van der Waals surface area contributed by atoms with Gasteiger partial charge in [0.05, 0.1) is 25.1 Å². The van der Waals surface area contributed by atoms with Crippen LogP contribution in [0.3, 0.4) is 0 Å². The molecule has 0 spiro atoms. The van der Waals surface area contributed by atoms with Crippen LogP contribution < -0.4 is 5.32 Å². The number of aromatic nitrogens is 3. The van der Waals surface area contributed by atoms with E-state index in [0.717, 1.165) is 12.8 Å². The summed E-state index contributed by atoms with van der Waals surface area (Å²) in [7, 11) is -1.98. The van der Waals surface area contributed by atoms with Gasteiger partial charge < -0.3 is 10.1 Å². The predicted octanol–water partition coefficient (Wildman–Crippen LogP) is 1.30. The number of ether oxygens (including phenoxy) is 1. The molecule has 1 atom stereocenters. The summed E-state index contributed by atoms with van der Waals surface area (Å²) in [5, 5.41) is 11.0. The smallest absolute Gasteiger partial charge is 0.273 e. The highest BCUT2D eigenvalue weighted by Crippen LogP contribution is 2.26. The lowest BCUT2D eigenvalue weighted by molar-refractivity contribution is 0.0932. The number of hydrogen-bond donors (Lipinski definition) is 1. The molecule has 2 heterocycles. The van der Waals surface area contributed by atoms with Crippen LogP contribution in [0, 0.1) is 0 Å². The van der Waals surface area contributed by atoms with Crippen LogP contribution in [0.25, 0.3) is 0 Å². The minimum absolute atomic E-state index is 0.145. The first-order valence-corrected chi connectivity index (χ1v) is 11.3. The van der Waals surface area contributed by atoms with Gasteiger partial charge in [-0.2, -0.15) is 4.31 Å². The van der Waals surface area contributed by atoms with Crippen molar-refractivity contribution in [2.45, 2.75) is 31.2 Å². The van der Waals surface area contributed by atoms with Gasteiger partial charge >= 0.3 is 0 Å². The predicted molar refractivity (Wildman–Crippen MR) is 108 cm³/mol. The summed E-state index contributed by atoms with van der Waals surface area (Å²) in [6.07, 6.45) is 3.02. The number of hydrogen-bond acceptors (Lipinski definition) is 6. The van der Waals surface area contributed by atoms with E-state index in [4.69, 9.17) is 16.3 Å². The van der Waals surface area contributed by atoms with Gasteiger partial charge in [0.25, 0.3) is 5.91 Å². The van der Waals surface area contributed by atoms with Crippen molar-refractivity contribution in [3.8, 4) is 0 Å². The van der Waals surface area contributed by atoms with E-state index in [1.165, 1.54) is 15.2 Å². The van der Waals surface area contributed by atoms with Gasteiger partial charge in [-0.05, 0) is 24.5 Å². The molecule has 0 saturated carbocycles. The third-order valence-electron chi connectivity index (χ3n) is 4.74. The standard InChI is InChI=1S/C18H24ClN5O4S/c1-28-10-8-20-18(25)17-12-23(22-21-17)11-15-6-4-9-24(15)29(26,27)13-14-5-2-3-7-16(14)19/h2-3,5,7,12,15H,4,6,8-11,13H2,1H3,(H,20,25)/t15-/m0/s1. The zero-order valence-electron chi connectivity index (χ0n) is 16.1. The molecule has 0 radical (unpaired) electrons. The molecule has 0 bridgehead atoms. The summed E-state index contributed by atoms with van der Waals surface area (Å²) in [5.41, 5.74) is 0.764. The Morgan fingerprint density at radius 2 is 2.17 bits per heavy atom. The Hall–Kier alpha value is -2.01. The van der Waals surface area contributed by atoms with E-state index in [2.05, 4.69) is 15.6 Å². The lowest BCUT2D eigenvalue weighted by Gasteiger charge is -2.24. The van der Waals surface area contributed by atoms with Crippen LogP contribution in [-0.2, 0) is 27.1 Å². The van der Waals surface area contributed by atoms with Crippen molar-refractivity contribution in [3.63, 3.8) is 0 Å². The van der Waals surface area contributed by atoms with Gasteiger partial charge in [-0.3, -0.25) is 9.48 Å². The molecule has 1 amide bonds. The fraction of sp³-hybridized carbons (Fsp3) is 0.500. The number of carbonyl (C=O) groups excluding carboxylic acids is 1. The van der Waals surface area contributed by atoms with Gasteiger partial charge in [-0.25, -0.2) is 8.42 Å². The van der Waals surface area contributed by atoms with E-state index < -0.39 is 10.0 Å². The van der Waals surface area contributed by atoms with Crippen LogP contribution in [0.1, 0.15) is 28.9 Å². The molecule has 1 N–H and O–H groups in total. The number of carbonyl (C=O) groups is 1. The monoisotopic (exact) mass is 441 g/mol. The normalized spacial score (nSPS) is 17.5. The second kappa shape index (κ2) is 9.66. The van der Waals surface area contributed by atoms with Gasteiger partial charge in [-0.1, -0.05) is 35.0 Å². The third-order valence-corrected chi connectivity index (χ3v) is 6.98. The molecule has 1 saturated heterocycles. The molecule has 1 fully saturated rings. The summed E-state index contributed by atoms with van der Waals surface area (Å²) in [6, 6.07) is 6.70. The van der Waals surface area contributed by atoms with Crippen LogP contribution in [0.5, 0.6) is 0 Å². The summed E-state index contributed by atoms with van der Waals surface area (Å²) >= 11 is 6.13. The number of sulfonamides is 1. The fourth-order valence-corrected chi connectivity index (χ4v) is 5.44. The molecule has 1 aliphatic heterocycles. The second-order valence-electron chi connectivity index (χ2n) is 6.83. The highest BCUT2D eigenvalue weighted by molar-refractivity contribution is 7.88. The van der Waals surface area contributed by atoms with E-state index in [1.54, 1.807) is 31.4 Å². The Labute approximate surface area is 175 Å². The molecule has 158 valence electrons. The number of amides is 1. The Balaban J connectivity index is 1.65. The first kappa shape index (κ1) is 21.7. The molecule has 0 unspecified atom stereocenters. The number of methoxy groups -OCH3 is 1. The molecule has 0 aliphatic carbocycles. The molecule has 2 aromatic rings. The van der Waals surface area contributed by atoms with Crippen LogP contribution >= 0.6 is 11.6 Å². The van der Waals surface area contributed by atoms with E-state index in [-0.39, 0.29) is 23.4 Å². The summed E-state index contributed by atoms with van der Waals surface area (Å²) in [4.78, 5) is 12.0. The largest absolute Gasteiger partial charge is 0.383 e. The average Bonchev–Trinajstić information content (AvgIpc) is 3.34. The number of benzene rings is 1. The van der Waals surface area contributed by atoms with E-state index in [1.807, 2.05) is 0 Å². The maximum Gasteiger partial charge on any atom is 0.273 e. The van der Waals surface area contributed by atoms with Gasteiger partial charge in [0, 0.05) is 31.3 Å². The molecule has 1 aromatic heterocycles. The van der Waals surface area contributed by atoms with Crippen LogP contribution in [-0.4, -0.2) is 66.5 Å². The molecule has 3 rings (SSSR count). The van der Waals surface area contributed by atoms with Crippen molar-refractivity contribution in [1.82, 2.24) is 24.6 Å². The molecular weight excluding hydrogens is 418 g/mol. The number of nitrogens with one attached hydrogen (secondary N) is 1. The zero-order valence-corrected chi connectivity index (χ0v) is 17.7. The summed E-state index contributed by atoms with van der Waals surface area (Å²) in [5.74, 6) is -0.490. The molecule has 29 heavy (non-hydrogen) atoms. The van der Waals surface area contributed by atoms with Crippen molar-refractivity contribution < 1.29 is 17.9 Å². The van der Waals surface area contributed by atoms with Crippen LogP contribution in [0.4, 0.5) is 0 Å². The van der Waals surface area contributed by atoms with Crippen molar-refractivity contribution in [1.29, 1.82) is 0 Å². The number of nitrogens with zero attached hydrogens (tertiary/aromatic N) is 4. The molecule has 1 aliphatic rings. The van der Waals surface area contributed by atoms with Crippen molar-refractivity contribution >= 4 is 27.5 Å². The Morgan fingerprint density at radius 3 is 2.93 bits per heavy atom. The fourth-order valence-electron chi connectivity index (χ4n) is 3.32. The van der Waals surface area contributed by atoms with Crippen LogP contribution in [0.15, 0.2) is 30.5 Å². The van der Waals surface area contributed by atoms with Crippen molar-refractivity contribution in [2.75, 3.05) is 26.8 Å². The van der Waals surface area contributed by atoms with E-state index in [9.17, 15) is 13.2 Å². The zero-order chi connectivity index (χ0) is 20.9. The summed E-state index contributed by atoms with van der Waals surface area (Å²) in [6.45, 7) is 1.57. The minimum Gasteiger partial charge on any atom is -0.383 e. The lowest BCUT2D eigenvalue weighted by Crippen LogP contribution is -2.38. The van der Waals surface area contributed by atoms with Crippen LogP contribution in [0.2, 0.25) is 5.02 Å². The van der Waals surface area contributed by atoms with Crippen molar-refractivity contribution in [3.05, 3.63) is 46.7 Å². The Kier molecular flexibility index (Phi) is 7.23. The minimum atomic E-state index is -3.54. The molecule has 1 aromatic carbocycles. The van der Waals surface area contributed by atoms with Gasteiger partial charge in [-0.15, -0.1) is 5.10 Å². The average molecular weight is 442 g/mol. The third kappa shape index (κ3) is 5.53. The quantitative estimate of drug-likeness (QED) is 0.588. The lowest BCUT2D eigenvalue weighted by atomic mass is 10.2. The van der Waals surface area contributed by atoms with Gasteiger partial charge in [0.1, 0.15) is 0 Å². The van der Waals surface area contributed by atoms with E-state index in [0.29, 0.717) is 36.8 Å².